The molecule has 0 saturated heterocycles. The summed E-state index contributed by atoms with van der Waals surface area (Å²) in [4.78, 5) is 0. The van der Waals surface area contributed by atoms with Gasteiger partial charge in [0.15, 0.2) is 17.5 Å². The normalized spacial score (nSPS) is 11.9. The first-order chi connectivity index (χ1) is 6.90. The lowest BCUT2D eigenvalue weighted by atomic mass is 10.2. The average molecular weight is 226 g/mol. The van der Waals surface area contributed by atoms with Crippen LogP contribution in [0.5, 0.6) is 0 Å². The molecule has 0 atom stereocenters. The van der Waals surface area contributed by atoms with Gasteiger partial charge in [0.25, 0.3) is 0 Å². The number of alkyl halides is 2. The molecule has 0 heterocycles. The molecule has 0 bridgehead atoms. The Morgan fingerprint density at radius 2 is 1.73 bits per heavy atom. The van der Waals surface area contributed by atoms with E-state index in [2.05, 4.69) is 4.74 Å². The number of rotatable bonds is 3. The lowest BCUT2D eigenvalue weighted by molar-refractivity contribution is -0.247. The SMILES string of the molecule is CCOC(F)(F)c1ccc(F)c(F)c1F. The van der Waals surface area contributed by atoms with Gasteiger partial charge in [-0.15, -0.1) is 0 Å². The zero-order valence-corrected chi connectivity index (χ0v) is 7.66. The molecule has 1 rings (SSSR count). The van der Waals surface area contributed by atoms with Crippen molar-refractivity contribution in [3.63, 3.8) is 0 Å². The Labute approximate surface area is 82.5 Å². The van der Waals surface area contributed by atoms with Crippen molar-refractivity contribution in [3.05, 3.63) is 35.1 Å². The van der Waals surface area contributed by atoms with Crippen molar-refractivity contribution in [3.8, 4) is 0 Å². The van der Waals surface area contributed by atoms with E-state index in [1.807, 2.05) is 0 Å². The first-order valence-electron chi connectivity index (χ1n) is 4.06. The van der Waals surface area contributed by atoms with Crippen molar-refractivity contribution in [1.82, 2.24) is 0 Å². The lowest BCUT2D eigenvalue weighted by Gasteiger charge is -2.16. The van der Waals surface area contributed by atoms with Crippen LogP contribution >= 0.6 is 0 Å². The maximum Gasteiger partial charge on any atom is 0.386 e. The second-order valence-electron chi connectivity index (χ2n) is 2.67. The lowest BCUT2D eigenvalue weighted by Crippen LogP contribution is -2.20. The molecule has 1 aromatic carbocycles. The van der Waals surface area contributed by atoms with Gasteiger partial charge < -0.3 is 4.74 Å². The summed E-state index contributed by atoms with van der Waals surface area (Å²) in [5.41, 5.74) is -1.32. The molecule has 0 N–H and O–H groups in total. The Bertz CT molecular complexity index is 364. The van der Waals surface area contributed by atoms with Crippen LogP contribution in [0.2, 0.25) is 0 Å². The molecule has 84 valence electrons. The van der Waals surface area contributed by atoms with E-state index in [0.29, 0.717) is 12.1 Å². The van der Waals surface area contributed by atoms with Crippen LogP contribution in [0.3, 0.4) is 0 Å². The van der Waals surface area contributed by atoms with E-state index in [0.717, 1.165) is 0 Å². The molecular weight excluding hydrogens is 219 g/mol. The van der Waals surface area contributed by atoms with E-state index in [-0.39, 0.29) is 6.61 Å². The molecule has 15 heavy (non-hydrogen) atoms. The van der Waals surface area contributed by atoms with Crippen LogP contribution in [-0.4, -0.2) is 6.61 Å². The maximum absolute atomic E-state index is 13.0. The fraction of sp³-hybridized carbons (Fsp3) is 0.333. The highest BCUT2D eigenvalue weighted by molar-refractivity contribution is 5.23. The Kier molecular flexibility index (Phi) is 3.28. The average Bonchev–Trinajstić information content (AvgIpc) is 2.13. The van der Waals surface area contributed by atoms with E-state index in [9.17, 15) is 22.0 Å². The van der Waals surface area contributed by atoms with Gasteiger partial charge in [-0.3, -0.25) is 0 Å². The number of ether oxygens (including phenoxy) is 1. The molecule has 0 saturated carbocycles. The highest BCUT2D eigenvalue weighted by Gasteiger charge is 2.37. The minimum atomic E-state index is -3.96. The summed E-state index contributed by atoms with van der Waals surface area (Å²) in [6, 6.07) is 0.865. The van der Waals surface area contributed by atoms with Gasteiger partial charge in [0.05, 0.1) is 12.2 Å². The minimum absolute atomic E-state index is 0.383. The highest BCUT2D eigenvalue weighted by atomic mass is 19.3. The Morgan fingerprint density at radius 3 is 2.27 bits per heavy atom. The Morgan fingerprint density at radius 1 is 1.13 bits per heavy atom. The highest BCUT2D eigenvalue weighted by Crippen LogP contribution is 2.32. The van der Waals surface area contributed by atoms with Gasteiger partial charge in [-0.25, -0.2) is 13.2 Å². The first-order valence-corrected chi connectivity index (χ1v) is 4.06. The molecule has 0 amide bonds. The monoisotopic (exact) mass is 226 g/mol. The molecule has 0 radical (unpaired) electrons. The summed E-state index contributed by atoms with van der Waals surface area (Å²) in [5.74, 6) is -5.40. The molecule has 0 aromatic heterocycles. The fourth-order valence-electron chi connectivity index (χ4n) is 1.01. The molecule has 6 heteroatoms. The summed E-state index contributed by atoms with van der Waals surface area (Å²) >= 11 is 0. The number of hydrogen-bond donors (Lipinski definition) is 0. The van der Waals surface area contributed by atoms with Crippen LogP contribution in [0.25, 0.3) is 0 Å². The molecule has 1 aromatic rings. The molecular formula is C9H7F5O. The Balaban J connectivity index is 3.21. The molecule has 0 fully saturated rings. The second kappa shape index (κ2) is 4.14. The first kappa shape index (κ1) is 11.9. The third kappa shape index (κ3) is 2.26. The quantitative estimate of drug-likeness (QED) is 0.568. The standard InChI is InChI=1S/C9H7F5O/c1-2-15-9(13,14)5-3-4-6(10)8(12)7(5)11/h3-4H,2H2,1H3. The summed E-state index contributed by atoms with van der Waals surface area (Å²) in [5, 5.41) is 0. The number of benzene rings is 1. The predicted molar refractivity (Wildman–Crippen MR) is 41.8 cm³/mol. The molecule has 0 aliphatic rings. The van der Waals surface area contributed by atoms with Crippen LogP contribution in [-0.2, 0) is 10.8 Å². The van der Waals surface area contributed by atoms with E-state index in [4.69, 9.17) is 0 Å². The van der Waals surface area contributed by atoms with E-state index >= 15 is 0 Å². The van der Waals surface area contributed by atoms with Crippen LogP contribution < -0.4 is 0 Å². The third-order valence-electron chi connectivity index (χ3n) is 1.67. The second-order valence-corrected chi connectivity index (χ2v) is 2.67. The van der Waals surface area contributed by atoms with Crippen LogP contribution in [0.15, 0.2) is 12.1 Å². The van der Waals surface area contributed by atoms with Gasteiger partial charge >= 0.3 is 6.11 Å². The topological polar surface area (TPSA) is 9.23 Å². The zero-order chi connectivity index (χ0) is 11.6. The number of hydrogen-bond acceptors (Lipinski definition) is 1. The fourth-order valence-corrected chi connectivity index (χ4v) is 1.01. The van der Waals surface area contributed by atoms with Crippen molar-refractivity contribution in [2.75, 3.05) is 6.61 Å². The van der Waals surface area contributed by atoms with E-state index < -0.39 is 29.1 Å². The molecule has 0 spiro atoms. The van der Waals surface area contributed by atoms with Gasteiger partial charge in [0.1, 0.15) is 0 Å². The van der Waals surface area contributed by atoms with Gasteiger partial charge in [-0.1, -0.05) is 0 Å². The predicted octanol–water partition coefficient (Wildman–Crippen LogP) is 3.19. The van der Waals surface area contributed by atoms with Crippen molar-refractivity contribution in [2.45, 2.75) is 13.0 Å². The summed E-state index contributed by atoms with van der Waals surface area (Å²) < 4.78 is 67.8. The molecule has 0 unspecified atom stereocenters. The van der Waals surface area contributed by atoms with Crippen molar-refractivity contribution < 1.29 is 26.7 Å². The van der Waals surface area contributed by atoms with Crippen LogP contribution in [0, 0.1) is 17.5 Å². The summed E-state index contributed by atoms with van der Waals surface area (Å²) in [6.45, 7) is 0.886. The van der Waals surface area contributed by atoms with Gasteiger partial charge in [0, 0.05) is 0 Å². The summed E-state index contributed by atoms with van der Waals surface area (Å²) in [6.07, 6.45) is -3.96. The smallest absolute Gasteiger partial charge is 0.317 e. The Hall–Kier alpha value is -1.17. The molecule has 0 aliphatic heterocycles. The number of halogens is 5. The molecule has 1 nitrogen and oxygen atoms in total. The van der Waals surface area contributed by atoms with Gasteiger partial charge in [-0.2, -0.15) is 8.78 Å². The van der Waals surface area contributed by atoms with Crippen molar-refractivity contribution in [1.29, 1.82) is 0 Å². The van der Waals surface area contributed by atoms with E-state index in [1.165, 1.54) is 6.92 Å². The van der Waals surface area contributed by atoms with Crippen molar-refractivity contribution >= 4 is 0 Å². The largest absolute Gasteiger partial charge is 0.386 e. The van der Waals surface area contributed by atoms with Crippen molar-refractivity contribution in [2.24, 2.45) is 0 Å². The molecule has 0 aliphatic carbocycles. The van der Waals surface area contributed by atoms with Crippen LogP contribution in [0.4, 0.5) is 22.0 Å². The van der Waals surface area contributed by atoms with Crippen LogP contribution in [0.1, 0.15) is 12.5 Å². The van der Waals surface area contributed by atoms with Gasteiger partial charge in [-0.05, 0) is 19.1 Å². The maximum atomic E-state index is 13.0. The van der Waals surface area contributed by atoms with E-state index in [1.54, 1.807) is 0 Å². The zero-order valence-electron chi connectivity index (χ0n) is 7.66. The minimum Gasteiger partial charge on any atom is -0.317 e. The van der Waals surface area contributed by atoms with Gasteiger partial charge in [0.2, 0.25) is 0 Å². The third-order valence-corrected chi connectivity index (χ3v) is 1.67. The summed E-state index contributed by atoms with van der Waals surface area (Å²) in [7, 11) is 0.